The van der Waals surface area contributed by atoms with E-state index in [0.29, 0.717) is 22.2 Å². The highest BCUT2D eigenvalue weighted by Gasteiger charge is 2.18. The van der Waals surface area contributed by atoms with Crippen LogP contribution in [0.5, 0.6) is 11.6 Å². The van der Waals surface area contributed by atoms with Crippen LogP contribution in [-0.2, 0) is 7.05 Å². The molecule has 0 saturated heterocycles. The number of nitrogen functional groups attached to an aromatic ring is 1. The standard InChI is InChI=1S/C22H17ClN6O/c1-29-8-7-16(12-29)30-22-21(24)26-19(13-5-3-2-4-6-13)20(27-22)14-9-15-11-25-28-18(15)17(23)10-14/h2-12H,1H3,(H2,24,26)(H,25,28). The van der Waals surface area contributed by atoms with Crippen molar-refractivity contribution in [2.24, 2.45) is 7.05 Å². The van der Waals surface area contributed by atoms with Gasteiger partial charge in [0.2, 0.25) is 0 Å². The number of H-pyrrole nitrogens is 1. The lowest BCUT2D eigenvalue weighted by atomic mass is 10.0. The molecule has 0 atom stereocenters. The van der Waals surface area contributed by atoms with Crippen LogP contribution in [0.2, 0.25) is 5.02 Å². The molecule has 0 aliphatic rings. The molecule has 0 spiro atoms. The van der Waals surface area contributed by atoms with Gasteiger partial charge in [-0.05, 0) is 18.2 Å². The number of nitrogens with one attached hydrogen (secondary N) is 1. The summed E-state index contributed by atoms with van der Waals surface area (Å²) in [4.78, 5) is 9.38. The number of rotatable bonds is 4. The van der Waals surface area contributed by atoms with E-state index in [1.54, 1.807) is 6.20 Å². The van der Waals surface area contributed by atoms with E-state index in [1.165, 1.54) is 0 Å². The fraction of sp³-hybridized carbons (Fsp3) is 0.0455. The Bertz CT molecular complexity index is 1360. The SMILES string of the molecule is Cn1ccc(Oc2nc(-c3cc(Cl)c4[nH]ncc4c3)c(-c3ccccc3)nc2N)c1. The highest BCUT2D eigenvalue weighted by Crippen LogP contribution is 2.37. The molecule has 5 aromatic rings. The minimum Gasteiger partial charge on any atom is -0.434 e. The molecule has 3 aromatic heterocycles. The Morgan fingerprint density at radius 1 is 1.03 bits per heavy atom. The van der Waals surface area contributed by atoms with Crippen LogP contribution in [0, 0.1) is 0 Å². The highest BCUT2D eigenvalue weighted by molar-refractivity contribution is 6.35. The van der Waals surface area contributed by atoms with Gasteiger partial charge in [-0.1, -0.05) is 41.9 Å². The molecule has 7 nitrogen and oxygen atoms in total. The first-order valence-electron chi connectivity index (χ1n) is 9.24. The van der Waals surface area contributed by atoms with Gasteiger partial charge in [-0.2, -0.15) is 5.10 Å². The van der Waals surface area contributed by atoms with E-state index >= 15 is 0 Å². The molecular formula is C22H17ClN6O. The molecule has 148 valence electrons. The summed E-state index contributed by atoms with van der Waals surface area (Å²) in [6, 6.07) is 15.4. The largest absolute Gasteiger partial charge is 0.434 e. The van der Waals surface area contributed by atoms with Gasteiger partial charge in [0.1, 0.15) is 11.4 Å². The molecule has 8 heteroatoms. The summed E-state index contributed by atoms with van der Waals surface area (Å²) in [7, 11) is 1.91. The van der Waals surface area contributed by atoms with Gasteiger partial charge in [0.05, 0.1) is 22.4 Å². The van der Waals surface area contributed by atoms with Gasteiger partial charge < -0.3 is 15.0 Å². The Balaban J connectivity index is 1.71. The molecule has 0 bridgehead atoms. The van der Waals surface area contributed by atoms with Crippen LogP contribution in [0.15, 0.2) is 67.1 Å². The summed E-state index contributed by atoms with van der Waals surface area (Å²) in [5.74, 6) is 1.07. The molecule has 0 saturated carbocycles. The third kappa shape index (κ3) is 3.25. The van der Waals surface area contributed by atoms with Crippen LogP contribution >= 0.6 is 11.6 Å². The topological polar surface area (TPSA) is 94.6 Å². The number of aryl methyl sites for hydroxylation is 1. The first kappa shape index (κ1) is 18.2. The van der Waals surface area contributed by atoms with Gasteiger partial charge in [0.15, 0.2) is 5.82 Å². The number of aromatic amines is 1. The molecule has 5 rings (SSSR count). The molecule has 3 N–H and O–H groups in total. The minimum atomic E-state index is 0.206. The first-order chi connectivity index (χ1) is 14.6. The number of hydrogen-bond donors (Lipinski definition) is 2. The molecule has 0 fully saturated rings. The molecule has 0 amide bonds. The van der Waals surface area contributed by atoms with Crippen molar-refractivity contribution in [1.29, 1.82) is 0 Å². The Kier molecular flexibility index (Phi) is 4.37. The number of halogens is 1. The second-order valence-corrected chi connectivity index (χ2v) is 7.29. The van der Waals surface area contributed by atoms with Crippen molar-refractivity contribution in [3.05, 3.63) is 72.1 Å². The van der Waals surface area contributed by atoms with E-state index in [1.807, 2.05) is 72.5 Å². The number of fused-ring (bicyclic) bond motifs is 1. The number of aromatic nitrogens is 5. The zero-order valence-electron chi connectivity index (χ0n) is 16.0. The Labute approximate surface area is 177 Å². The van der Waals surface area contributed by atoms with Gasteiger partial charge in [-0.15, -0.1) is 0 Å². The second kappa shape index (κ2) is 7.20. The van der Waals surface area contributed by atoms with Crippen molar-refractivity contribution in [3.63, 3.8) is 0 Å². The molecule has 2 aromatic carbocycles. The van der Waals surface area contributed by atoms with E-state index < -0.39 is 0 Å². The molecule has 3 heterocycles. The maximum Gasteiger partial charge on any atom is 0.263 e. The van der Waals surface area contributed by atoms with E-state index in [2.05, 4.69) is 15.2 Å². The van der Waals surface area contributed by atoms with Gasteiger partial charge in [0, 0.05) is 36.0 Å². The zero-order chi connectivity index (χ0) is 20.7. The second-order valence-electron chi connectivity index (χ2n) is 6.88. The fourth-order valence-corrected chi connectivity index (χ4v) is 3.58. The molecule has 0 aliphatic carbocycles. The molecule has 0 aliphatic heterocycles. The van der Waals surface area contributed by atoms with Gasteiger partial charge in [0.25, 0.3) is 5.88 Å². The number of hydrogen-bond acceptors (Lipinski definition) is 5. The van der Waals surface area contributed by atoms with Crippen LogP contribution in [-0.4, -0.2) is 24.7 Å². The smallest absolute Gasteiger partial charge is 0.263 e. The normalized spacial score (nSPS) is 11.1. The van der Waals surface area contributed by atoms with Crippen molar-refractivity contribution in [3.8, 4) is 34.1 Å². The molecule has 0 radical (unpaired) electrons. The van der Waals surface area contributed by atoms with E-state index in [9.17, 15) is 0 Å². The summed E-state index contributed by atoms with van der Waals surface area (Å²) in [6.45, 7) is 0. The lowest BCUT2D eigenvalue weighted by molar-refractivity contribution is 0.463. The number of ether oxygens (including phenoxy) is 1. The number of nitrogens with zero attached hydrogens (tertiary/aromatic N) is 4. The molecular weight excluding hydrogens is 400 g/mol. The van der Waals surface area contributed by atoms with Crippen LogP contribution in [0.1, 0.15) is 0 Å². The lowest BCUT2D eigenvalue weighted by Crippen LogP contribution is -2.03. The highest BCUT2D eigenvalue weighted by atomic mass is 35.5. The van der Waals surface area contributed by atoms with Gasteiger partial charge in [-0.3, -0.25) is 5.10 Å². The predicted octanol–water partition coefficient (Wildman–Crippen LogP) is 5.05. The number of nitrogens with two attached hydrogens (primary N) is 1. The minimum absolute atomic E-state index is 0.206. The van der Waals surface area contributed by atoms with Crippen LogP contribution < -0.4 is 10.5 Å². The van der Waals surface area contributed by atoms with E-state index in [4.69, 9.17) is 27.1 Å². The summed E-state index contributed by atoms with van der Waals surface area (Å²) in [5.41, 5.74) is 9.93. The van der Waals surface area contributed by atoms with Crippen LogP contribution in [0.3, 0.4) is 0 Å². The van der Waals surface area contributed by atoms with E-state index in [-0.39, 0.29) is 11.7 Å². The van der Waals surface area contributed by atoms with Crippen LogP contribution in [0.25, 0.3) is 33.4 Å². The summed E-state index contributed by atoms with van der Waals surface area (Å²) in [6.07, 6.45) is 5.43. The summed E-state index contributed by atoms with van der Waals surface area (Å²) < 4.78 is 7.79. The quantitative estimate of drug-likeness (QED) is 0.427. The maximum atomic E-state index is 6.48. The average Bonchev–Trinajstić information content (AvgIpc) is 3.39. The van der Waals surface area contributed by atoms with Crippen molar-refractivity contribution in [1.82, 2.24) is 24.7 Å². The van der Waals surface area contributed by atoms with E-state index in [0.717, 1.165) is 22.0 Å². The summed E-state index contributed by atoms with van der Waals surface area (Å²) in [5, 5.41) is 8.40. The van der Waals surface area contributed by atoms with Crippen molar-refractivity contribution in [2.45, 2.75) is 0 Å². The maximum absolute atomic E-state index is 6.48. The van der Waals surface area contributed by atoms with Gasteiger partial charge >= 0.3 is 0 Å². The van der Waals surface area contributed by atoms with Crippen molar-refractivity contribution < 1.29 is 4.74 Å². The Morgan fingerprint density at radius 2 is 1.83 bits per heavy atom. The predicted molar refractivity (Wildman–Crippen MR) is 117 cm³/mol. The lowest BCUT2D eigenvalue weighted by Gasteiger charge is -2.13. The first-order valence-corrected chi connectivity index (χ1v) is 9.62. The molecule has 0 unspecified atom stereocenters. The zero-order valence-corrected chi connectivity index (χ0v) is 16.8. The Hall–Kier alpha value is -3.84. The Morgan fingerprint density at radius 3 is 2.60 bits per heavy atom. The van der Waals surface area contributed by atoms with Crippen LogP contribution in [0.4, 0.5) is 5.82 Å². The third-order valence-electron chi connectivity index (χ3n) is 4.73. The fourth-order valence-electron chi connectivity index (χ4n) is 3.31. The monoisotopic (exact) mass is 416 g/mol. The number of anilines is 1. The van der Waals surface area contributed by atoms with Gasteiger partial charge in [-0.25, -0.2) is 9.97 Å². The summed E-state index contributed by atoms with van der Waals surface area (Å²) >= 11 is 6.48. The molecule has 30 heavy (non-hydrogen) atoms. The third-order valence-corrected chi connectivity index (χ3v) is 5.03. The average molecular weight is 417 g/mol. The van der Waals surface area contributed by atoms with Crippen molar-refractivity contribution >= 4 is 28.3 Å². The number of benzene rings is 2. The van der Waals surface area contributed by atoms with Crippen molar-refractivity contribution in [2.75, 3.05) is 5.73 Å².